The lowest BCUT2D eigenvalue weighted by Crippen LogP contribution is -2.61. The molecule has 2 fully saturated rings. The topological polar surface area (TPSA) is 199 Å². The molecule has 0 aromatic heterocycles. The Bertz CT molecular complexity index is 886. The first-order chi connectivity index (χ1) is 18.1. The summed E-state index contributed by atoms with van der Waals surface area (Å²) in [6, 6.07) is 0. The second-order valence-electron chi connectivity index (χ2n) is 8.91. The Labute approximate surface area is 221 Å². The standard InChI is InChI=1S/C26H38O12/c1-3-4-5-6-8-11-16(28)17(12-9-7-10-13-27)37-26-24(34)22(32)20(30)18(38-26)14-35-25-23(33)21(31)19(29)15(2)36-25/h3-4,9,12,15-34H,7,10,13-14H2,1-2H3/b4-3+,12-9+/t15-,16+,17-,18+,19-,20+,21+,22-,23+,24+,25+,26+/m0/s1. The van der Waals surface area contributed by atoms with E-state index < -0.39 is 80.2 Å². The quantitative estimate of drug-likeness (QED) is 0.0808. The Hall–Kier alpha value is -1.88. The van der Waals surface area contributed by atoms with E-state index in [1.54, 1.807) is 25.2 Å². The van der Waals surface area contributed by atoms with Crippen LogP contribution in [0.1, 0.15) is 26.7 Å². The zero-order chi connectivity index (χ0) is 28.2. The summed E-state index contributed by atoms with van der Waals surface area (Å²) < 4.78 is 22.1. The van der Waals surface area contributed by atoms with Gasteiger partial charge in [-0.2, -0.15) is 0 Å². The van der Waals surface area contributed by atoms with Gasteiger partial charge in [-0.15, -0.1) is 0 Å². The molecule has 0 aromatic carbocycles. The molecule has 0 amide bonds. The third-order valence-electron chi connectivity index (χ3n) is 5.96. The average Bonchev–Trinajstić information content (AvgIpc) is 2.90. The van der Waals surface area contributed by atoms with Crippen molar-refractivity contribution in [2.75, 3.05) is 13.2 Å². The smallest absolute Gasteiger partial charge is 0.187 e. The number of unbranched alkanes of at least 4 members (excludes halogenated alkanes) is 1. The van der Waals surface area contributed by atoms with Crippen LogP contribution in [-0.2, 0) is 18.9 Å². The fourth-order valence-electron chi connectivity index (χ4n) is 3.68. The SMILES string of the molecule is C/C=C/C#CC#C[C@@H](O)[C@H](/C=C/CCCO)O[C@@H]1O[C@H](CO[C@@H]2O[C@@H](C)[C@H](O)[C@@H](O)[C@H]2O)[C@@H](O)[C@H](O)[C@H]1O. The van der Waals surface area contributed by atoms with Gasteiger partial charge in [0.2, 0.25) is 0 Å². The zero-order valence-electron chi connectivity index (χ0n) is 21.3. The van der Waals surface area contributed by atoms with E-state index in [-0.39, 0.29) is 6.61 Å². The van der Waals surface area contributed by atoms with Crippen LogP contribution in [0.25, 0.3) is 0 Å². The Morgan fingerprint density at radius 3 is 2.26 bits per heavy atom. The van der Waals surface area contributed by atoms with Crippen molar-refractivity contribution in [3.05, 3.63) is 24.3 Å². The van der Waals surface area contributed by atoms with Crippen LogP contribution in [0, 0.1) is 23.7 Å². The predicted molar refractivity (Wildman–Crippen MR) is 132 cm³/mol. The van der Waals surface area contributed by atoms with Gasteiger partial charge in [-0.05, 0) is 44.6 Å². The van der Waals surface area contributed by atoms with E-state index in [0.29, 0.717) is 12.8 Å². The highest BCUT2D eigenvalue weighted by atomic mass is 16.7. The molecule has 8 N–H and O–H groups in total. The molecule has 12 nitrogen and oxygen atoms in total. The van der Waals surface area contributed by atoms with Crippen LogP contribution in [-0.4, -0.2) is 128 Å². The summed E-state index contributed by atoms with van der Waals surface area (Å²) >= 11 is 0. The Balaban J connectivity index is 2.12. The normalized spacial score (nSPS) is 37.3. The second-order valence-corrected chi connectivity index (χ2v) is 8.91. The number of ether oxygens (including phenoxy) is 4. The van der Waals surface area contributed by atoms with Crippen molar-refractivity contribution in [1.82, 2.24) is 0 Å². The van der Waals surface area contributed by atoms with Crippen molar-refractivity contribution in [2.24, 2.45) is 0 Å². The molecule has 2 heterocycles. The molecule has 2 aliphatic heterocycles. The van der Waals surface area contributed by atoms with E-state index in [4.69, 9.17) is 24.1 Å². The van der Waals surface area contributed by atoms with Crippen molar-refractivity contribution in [1.29, 1.82) is 0 Å². The van der Waals surface area contributed by atoms with E-state index in [0.717, 1.165) is 0 Å². The minimum absolute atomic E-state index is 0.0385. The molecule has 2 saturated heterocycles. The fraction of sp³-hybridized carbons (Fsp3) is 0.692. The van der Waals surface area contributed by atoms with Gasteiger partial charge in [0.25, 0.3) is 0 Å². The van der Waals surface area contributed by atoms with Gasteiger partial charge in [0.1, 0.15) is 54.9 Å². The van der Waals surface area contributed by atoms with Crippen LogP contribution in [0.15, 0.2) is 24.3 Å². The molecule has 12 atom stereocenters. The maximum atomic E-state index is 10.5. The van der Waals surface area contributed by atoms with Crippen molar-refractivity contribution in [3.8, 4) is 23.7 Å². The summed E-state index contributed by atoms with van der Waals surface area (Å²) in [6.07, 6.45) is -9.78. The van der Waals surface area contributed by atoms with Gasteiger partial charge in [-0.1, -0.05) is 30.1 Å². The van der Waals surface area contributed by atoms with E-state index >= 15 is 0 Å². The van der Waals surface area contributed by atoms with Gasteiger partial charge in [-0.3, -0.25) is 0 Å². The van der Waals surface area contributed by atoms with Crippen molar-refractivity contribution < 1.29 is 59.8 Å². The summed E-state index contributed by atoms with van der Waals surface area (Å²) in [5.41, 5.74) is 0. The number of hydrogen-bond donors (Lipinski definition) is 8. The largest absolute Gasteiger partial charge is 0.396 e. The highest BCUT2D eigenvalue weighted by molar-refractivity contribution is 5.32. The van der Waals surface area contributed by atoms with Crippen molar-refractivity contribution in [3.63, 3.8) is 0 Å². The van der Waals surface area contributed by atoms with Crippen molar-refractivity contribution in [2.45, 2.75) is 100 Å². The van der Waals surface area contributed by atoms with E-state index in [9.17, 15) is 35.7 Å². The van der Waals surface area contributed by atoms with E-state index in [1.165, 1.54) is 13.0 Å². The Morgan fingerprint density at radius 2 is 1.58 bits per heavy atom. The number of aliphatic hydroxyl groups is 8. The third-order valence-corrected chi connectivity index (χ3v) is 5.96. The number of hydrogen-bond acceptors (Lipinski definition) is 12. The predicted octanol–water partition coefficient (Wildman–Crippen LogP) is -2.70. The first kappa shape index (κ1) is 32.3. The second kappa shape index (κ2) is 16.3. The molecule has 2 aliphatic rings. The molecule has 0 bridgehead atoms. The van der Waals surface area contributed by atoms with Crippen molar-refractivity contribution >= 4 is 0 Å². The number of aliphatic hydroxyl groups excluding tert-OH is 8. The first-order valence-electron chi connectivity index (χ1n) is 12.4. The van der Waals surface area contributed by atoms with Gasteiger partial charge in [-0.25, -0.2) is 0 Å². The maximum Gasteiger partial charge on any atom is 0.187 e. The molecule has 0 aliphatic carbocycles. The van der Waals surface area contributed by atoms with Gasteiger partial charge >= 0.3 is 0 Å². The number of allylic oxidation sites excluding steroid dienone is 3. The van der Waals surface area contributed by atoms with Crippen LogP contribution in [0.2, 0.25) is 0 Å². The summed E-state index contributed by atoms with van der Waals surface area (Å²) in [7, 11) is 0. The first-order valence-corrected chi connectivity index (χ1v) is 12.4. The lowest BCUT2D eigenvalue weighted by Gasteiger charge is -2.43. The minimum Gasteiger partial charge on any atom is -0.396 e. The van der Waals surface area contributed by atoms with Gasteiger partial charge in [0, 0.05) is 6.61 Å². The minimum atomic E-state index is -1.72. The fourth-order valence-corrected chi connectivity index (χ4v) is 3.68. The summed E-state index contributed by atoms with van der Waals surface area (Å²) in [6.45, 7) is 2.77. The molecule has 0 saturated carbocycles. The third kappa shape index (κ3) is 9.10. The van der Waals surface area contributed by atoms with Crippen LogP contribution < -0.4 is 0 Å². The maximum absolute atomic E-state index is 10.5. The van der Waals surface area contributed by atoms with Gasteiger partial charge in [0.05, 0.1) is 12.7 Å². The lowest BCUT2D eigenvalue weighted by atomic mass is 9.98. The van der Waals surface area contributed by atoms with Crippen LogP contribution in [0.5, 0.6) is 0 Å². The molecule has 0 aromatic rings. The molecule has 0 spiro atoms. The molecular formula is C26H38O12. The zero-order valence-corrected chi connectivity index (χ0v) is 21.3. The highest BCUT2D eigenvalue weighted by Crippen LogP contribution is 2.27. The number of rotatable bonds is 10. The van der Waals surface area contributed by atoms with Crippen LogP contribution in [0.3, 0.4) is 0 Å². The molecule has 38 heavy (non-hydrogen) atoms. The molecule has 2 rings (SSSR count). The van der Waals surface area contributed by atoms with Crippen LogP contribution in [0.4, 0.5) is 0 Å². The monoisotopic (exact) mass is 542 g/mol. The summed E-state index contributed by atoms with van der Waals surface area (Å²) in [5, 5.41) is 80.7. The molecular weight excluding hydrogens is 504 g/mol. The summed E-state index contributed by atoms with van der Waals surface area (Å²) in [5.74, 6) is 10.2. The average molecular weight is 543 g/mol. The Kier molecular flexibility index (Phi) is 13.8. The molecule has 0 unspecified atom stereocenters. The Morgan fingerprint density at radius 1 is 0.895 bits per heavy atom. The lowest BCUT2D eigenvalue weighted by molar-refractivity contribution is -0.333. The van der Waals surface area contributed by atoms with Gasteiger partial charge in [0.15, 0.2) is 12.6 Å². The van der Waals surface area contributed by atoms with E-state index in [2.05, 4.69) is 23.7 Å². The molecule has 214 valence electrons. The van der Waals surface area contributed by atoms with E-state index in [1.807, 2.05) is 0 Å². The van der Waals surface area contributed by atoms with Crippen LogP contribution >= 0.6 is 0 Å². The highest BCUT2D eigenvalue weighted by Gasteiger charge is 2.47. The van der Waals surface area contributed by atoms with Gasteiger partial charge < -0.3 is 59.8 Å². The molecule has 0 radical (unpaired) electrons. The summed E-state index contributed by atoms with van der Waals surface area (Å²) in [4.78, 5) is 0. The molecule has 12 heteroatoms.